The number of hydrogen-bond acceptors (Lipinski definition) is 2. The zero-order chi connectivity index (χ0) is 14.7. The largest absolute Gasteiger partial charge is 0.480 e. The van der Waals surface area contributed by atoms with Gasteiger partial charge < -0.3 is 5.11 Å². The van der Waals surface area contributed by atoms with E-state index in [4.69, 9.17) is 0 Å². The van der Waals surface area contributed by atoms with Crippen LogP contribution in [0, 0.1) is 0 Å². The molecule has 3 nitrogen and oxygen atoms in total. The van der Waals surface area contributed by atoms with Crippen LogP contribution >= 0.6 is 0 Å². The summed E-state index contributed by atoms with van der Waals surface area (Å²) >= 11 is 0. The summed E-state index contributed by atoms with van der Waals surface area (Å²) in [7, 11) is 0. The molecule has 0 amide bonds. The van der Waals surface area contributed by atoms with Crippen LogP contribution in [0.1, 0.15) is 62.5 Å². The van der Waals surface area contributed by atoms with Gasteiger partial charge in [0.2, 0.25) is 0 Å². The zero-order valence-corrected chi connectivity index (χ0v) is 12.6. The first-order valence-corrected chi connectivity index (χ1v) is 8.32. The fourth-order valence-corrected chi connectivity index (χ4v) is 4.02. The van der Waals surface area contributed by atoms with Gasteiger partial charge in [0.15, 0.2) is 0 Å². The van der Waals surface area contributed by atoms with Gasteiger partial charge in [0.1, 0.15) is 5.54 Å². The van der Waals surface area contributed by atoms with E-state index in [1.165, 1.54) is 24.8 Å². The van der Waals surface area contributed by atoms with Gasteiger partial charge in [0.25, 0.3) is 0 Å². The summed E-state index contributed by atoms with van der Waals surface area (Å²) in [6, 6.07) is 8.47. The molecule has 0 saturated heterocycles. The summed E-state index contributed by atoms with van der Waals surface area (Å²) < 4.78 is 0. The average Bonchev–Trinajstić information content (AvgIpc) is 2.69. The Balaban J connectivity index is 1.97. The first-order valence-electron chi connectivity index (χ1n) is 8.32. The van der Waals surface area contributed by atoms with Gasteiger partial charge in [-0.1, -0.05) is 49.9 Å². The molecule has 1 aromatic carbocycles. The summed E-state index contributed by atoms with van der Waals surface area (Å²) in [5.74, 6) is -0.706. The Kier molecular flexibility index (Phi) is 4.29. The zero-order valence-electron chi connectivity index (χ0n) is 12.6. The van der Waals surface area contributed by atoms with Gasteiger partial charge in [-0.2, -0.15) is 0 Å². The molecule has 2 N–H and O–H groups in total. The maximum absolute atomic E-state index is 12.2. The number of fused-ring (bicyclic) bond motifs is 1. The Morgan fingerprint density at radius 2 is 1.86 bits per heavy atom. The Morgan fingerprint density at radius 3 is 2.62 bits per heavy atom. The van der Waals surface area contributed by atoms with Crippen LogP contribution in [0.4, 0.5) is 0 Å². The molecule has 0 aromatic heterocycles. The van der Waals surface area contributed by atoms with E-state index in [-0.39, 0.29) is 0 Å². The molecule has 2 aliphatic rings. The standard InChI is InChI=1S/C18H25NO2/c20-17(21)18(19-15-10-2-1-3-11-15)13-7-6-9-14-8-4-5-12-16(14)18/h4-5,8,12,15,19H,1-3,6-7,9-11,13H2,(H,20,21). The predicted octanol–water partition coefficient (Wildman–Crippen LogP) is 3.62. The van der Waals surface area contributed by atoms with Gasteiger partial charge in [-0.05, 0) is 43.2 Å². The number of carboxylic acid groups (broad SMARTS) is 1. The highest BCUT2D eigenvalue weighted by molar-refractivity contribution is 5.81. The second kappa shape index (κ2) is 6.18. The Hall–Kier alpha value is -1.35. The summed E-state index contributed by atoms with van der Waals surface area (Å²) in [5.41, 5.74) is 1.33. The lowest BCUT2D eigenvalue weighted by molar-refractivity contribution is -0.146. The fraction of sp³-hybridized carbons (Fsp3) is 0.611. The van der Waals surface area contributed by atoms with Crippen LogP contribution in [-0.2, 0) is 16.8 Å². The average molecular weight is 287 g/mol. The van der Waals surface area contributed by atoms with Gasteiger partial charge in [-0.15, -0.1) is 0 Å². The lowest BCUT2D eigenvalue weighted by atomic mass is 9.82. The lowest BCUT2D eigenvalue weighted by Gasteiger charge is -2.37. The van der Waals surface area contributed by atoms with Crippen molar-refractivity contribution >= 4 is 5.97 Å². The Bertz CT molecular complexity index is 508. The van der Waals surface area contributed by atoms with Crippen LogP contribution in [-0.4, -0.2) is 17.1 Å². The third-order valence-electron chi connectivity index (χ3n) is 5.15. The second-order valence-corrected chi connectivity index (χ2v) is 6.55. The minimum Gasteiger partial charge on any atom is -0.480 e. The Labute approximate surface area is 126 Å². The quantitative estimate of drug-likeness (QED) is 0.835. The number of benzene rings is 1. The van der Waals surface area contributed by atoms with E-state index < -0.39 is 11.5 Å². The summed E-state index contributed by atoms with van der Waals surface area (Å²) in [6.07, 6.45) is 9.69. The summed E-state index contributed by atoms with van der Waals surface area (Å²) in [4.78, 5) is 12.2. The predicted molar refractivity (Wildman–Crippen MR) is 83.3 cm³/mol. The molecule has 1 atom stereocenters. The first-order chi connectivity index (χ1) is 10.2. The van der Waals surface area contributed by atoms with Crippen molar-refractivity contribution in [3.8, 4) is 0 Å². The van der Waals surface area contributed by atoms with Crippen LogP contribution in [0.5, 0.6) is 0 Å². The molecule has 0 spiro atoms. The molecule has 0 aliphatic heterocycles. The number of rotatable bonds is 3. The van der Waals surface area contributed by atoms with Crippen molar-refractivity contribution in [3.63, 3.8) is 0 Å². The molecule has 2 aliphatic carbocycles. The van der Waals surface area contributed by atoms with Crippen LogP contribution in [0.2, 0.25) is 0 Å². The summed E-state index contributed by atoms with van der Waals surface area (Å²) in [5, 5.41) is 13.6. The topological polar surface area (TPSA) is 49.3 Å². The normalized spacial score (nSPS) is 26.9. The second-order valence-electron chi connectivity index (χ2n) is 6.55. The van der Waals surface area contributed by atoms with Gasteiger partial charge in [-0.25, -0.2) is 4.79 Å². The molecule has 3 heteroatoms. The molecule has 0 bridgehead atoms. The maximum atomic E-state index is 12.2. The molecular weight excluding hydrogens is 262 g/mol. The highest BCUT2D eigenvalue weighted by atomic mass is 16.4. The van der Waals surface area contributed by atoms with E-state index >= 15 is 0 Å². The number of nitrogens with one attached hydrogen (secondary N) is 1. The molecule has 0 radical (unpaired) electrons. The van der Waals surface area contributed by atoms with Crippen LogP contribution in [0.25, 0.3) is 0 Å². The van der Waals surface area contributed by atoms with Crippen molar-refractivity contribution in [2.75, 3.05) is 0 Å². The molecule has 3 rings (SSSR count). The minimum atomic E-state index is -0.880. The molecule has 114 valence electrons. The number of hydrogen-bond donors (Lipinski definition) is 2. The van der Waals surface area contributed by atoms with E-state index in [2.05, 4.69) is 11.4 Å². The van der Waals surface area contributed by atoms with Gasteiger partial charge in [0, 0.05) is 6.04 Å². The van der Waals surface area contributed by atoms with E-state index in [0.29, 0.717) is 12.5 Å². The van der Waals surface area contributed by atoms with Crippen molar-refractivity contribution in [3.05, 3.63) is 35.4 Å². The van der Waals surface area contributed by atoms with Crippen molar-refractivity contribution < 1.29 is 9.90 Å². The third kappa shape index (κ3) is 2.84. The molecular formula is C18H25NO2. The Morgan fingerprint density at radius 1 is 1.10 bits per heavy atom. The van der Waals surface area contributed by atoms with Crippen LogP contribution < -0.4 is 5.32 Å². The molecule has 1 saturated carbocycles. The van der Waals surface area contributed by atoms with Crippen molar-refractivity contribution in [2.45, 2.75) is 69.4 Å². The molecule has 21 heavy (non-hydrogen) atoms. The minimum absolute atomic E-state index is 0.348. The molecule has 1 fully saturated rings. The first kappa shape index (κ1) is 14.6. The maximum Gasteiger partial charge on any atom is 0.328 e. The number of carboxylic acids is 1. The van der Waals surface area contributed by atoms with Gasteiger partial charge in [0.05, 0.1) is 0 Å². The number of carbonyl (C=O) groups is 1. The third-order valence-corrected chi connectivity index (χ3v) is 5.15. The molecule has 0 heterocycles. The molecule has 1 unspecified atom stereocenters. The number of aryl methyl sites for hydroxylation is 1. The molecule has 1 aromatic rings. The van der Waals surface area contributed by atoms with E-state index in [0.717, 1.165) is 37.7 Å². The van der Waals surface area contributed by atoms with E-state index in [9.17, 15) is 9.90 Å². The SMILES string of the molecule is O=C(O)C1(NC2CCCCC2)CCCCc2ccccc21. The number of aliphatic carboxylic acids is 1. The highest BCUT2D eigenvalue weighted by Crippen LogP contribution is 2.36. The fourth-order valence-electron chi connectivity index (χ4n) is 4.02. The van der Waals surface area contributed by atoms with Crippen LogP contribution in [0.3, 0.4) is 0 Å². The van der Waals surface area contributed by atoms with E-state index in [1.54, 1.807) is 0 Å². The van der Waals surface area contributed by atoms with Crippen molar-refractivity contribution in [1.29, 1.82) is 0 Å². The van der Waals surface area contributed by atoms with Gasteiger partial charge in [-0.3, -0.25) is 5.32 Å². The summed E-state index contributed by atoms with van der Waals surface area (Å²) in [6.45, 7) is 0. The van der Waals surface area contributed by atoms with E-state index in [1.807, 2.05) is 18.2 Å². The monoisotopic (exact) mass is 287 g/mol. The lowest BCUT2D eigenvalue weighted by Crippen LogP contribution is -2.54. The van der Waals surface area contributed by atoms with Crippen molar-refractivity contribution in [2.24, 2.45) is 0 Å². The smallest absolute Gasteiger partial charge is 0.328 e. The van der Waals surface area contributed by atoms with Crippen molar-refractivity contribution in [1.82, 2.24) is 5.32 Å². The highest BCUT2D eigenvalue weighted by Gasteiger charge is 2.43. The van der Waals surface area contributed by atoms with Crippen LogP contribution in [0.15, 0.2) is 24.3 Å². The van der Waals surface area contributed by atoms with Gasteiger partial charge >= 0.3 is 5.97 Å².